The number of carbonyl (C=O) groups excluding carboxylic acids is 5. The Morgan fingerprint density at radius 2 is 1.08 bits per heavy atom. The van der Waals surface area contributed by atoms with E-state index in [0.29, 0.717) is 71.1 Å². The van der Waals surface area contributed by atoms with Crippen LogP contribution < -0.4 is 31.1 Å². The van der Waals surface area contributed by atoms with Gasteiger partial charge in [-0.1, -0.05) is 119 Å². The van der Waals surface area contributed by atoms with E-state index in [4.69, 9.17) is 64.2 Å². The zero-order valence-electron chi connectivity index (χ0n) is 50.6. The molecule has 0 radical (unpaired) electrons. The molecule has 0 saturated heterocycles. The Balaban J connectivity index is 1.09. The van der Waals surface area contributed by atoms with Gasteiger partial charge in [-0.3, -0.25) is 38.9 Å². The van der Waals surface area contributed by atoms with Crippen molar-refractivity contribution in [2.45, 2.75) is 20.0 Å². The van der Waals surface area contributed by atoms with E-state index >= 15 is 0 Å². The number of imide groups is 2. The van der Waals surface area contributed by atoms with Crippen LogP contribution in [0.25, 0.3) is 66.5 Å². The minimum atomic E-state index is -1.59. The van der Waals surface area contributed by atoms with Crippen LogP contribution in [0.3, 0.4) is 0 Å². The SMILES string of the molecule is CB(c1ccccc1)n1c(-c2ccc(OC(O)c3ccc4c(c3)C(=O)N(C)C4=O)cc2)c2/c(=C(\C#N)c3cnc4cc(Cl)c(C)cc4n3)n(Bc3ccccc3)c(-c3ccc(OC(=O)c4ccc5c(c4)C(=O)N(C)C5=O)cc3)c2/c1=C(\C#N)c1cnc2cc(Cl)c(Cl)cc2n1. The molecule has 2 aliphatic rings. The van der Waals surface area contributed by atoms with Crippen LogP contribution in [0.4, 0.5) is 0 Å². The quantitative estimate of drug-likeness (QED) is 0.0372. The molecule has 0 saturated carbocycles. The molecule has 12 aromatic rings. The number of rotatable bonds is 13. The van der Waals surface area contributed by atoms with Crippen LogP contribution >= 0.6 is 34.8 Å². The second kappa shape index (κ2) is 24.2. The lowest BCUT2D eigenvalue weighted by molar-refractivity contribution is -0.0194. The van der Waals surface area contributed by atoms with E-state index < -0.39 is 42.7 Å². The number of aryl methyl sites for hydroxylation is 1. The highest BCUT2D eigenvalue weighted by molar-refractivity contribution is 6.71. The van der Waals surface area contributed by atoms with E-state index in [1.165, 1.54) is 62.9 Å². The molecule has 1 unspecified atom stereocenters. The molecule has 4 aromatic heterocycles. The normalized spacial score (nSPS) is 13.6. The van der Waals surface area contributed by atoms with Gasteiger partial charge in [0, 0.05) is 46.8 Å². The van der Waals surface area contributed by atoms with Crippen LogP contribution in [0.1, 0.15) is 80.6 Å². The number of nitrogens with zero attached hydrogens (tertiary/aromatic N) is 10. The first-order valence-corrected chi connectivity index (χ1v) is 30.7. The standard InChI is InChI=1S/C72H45B2Cl3N10O8/c1-37-27-57-55(30-52(37)75)80-35-59(82-57)50(33-78)65-62-61(63(86(65)73-42-11-7-5-8-12-42)38-15-21-44(22-16-38)94-71(92)40-19-25-46-48(28-40)69(90)84(3)67(46)88)66(51(34-79)60-36-81-56-31-53(76)54(77)32-58(56)83-60)87(74(2)43-13-9-6-10-14-43)64(62)39-17-23-45(24-18-39)95-72(93)41-20-26-47-49(29-41)70(91)85(4)68(47)89/h5-32,35-36,72-73,93H,1-4H3/b65-50-,66-51-. The van der Waals surface area contributed by atoms with Gasteiger partial charge in [0.1, 0.15) is 46.2 Å². The number of hydrogen-bond donors (Lipinski definition) is 1. The lowest BCUT2D eigenvalue weighted by atomic mass is 9.57. The second-order valence-electron chi connectivity index (χ2n) is 22.8. The first-order valence-electron chi connectivity index (χ1n) is 29.6. The summed E-state index contributed by atoms with van der Waals surface area (Å²) in [7, 11) is 2.87. The summed E-state index contributed by atoms with van der Waals surface area (Å²) in [5.41, 5.74) is 7.45. The number of halogens is 3. The number of fused-ring (bicyclic) bond motifs is 5. The number of nitriles is 2. The summed E-state index contributed by atoms with van der Waals surface area (Å²) in [6, 6.07) is 53.4. The van der Waals surface area contributed by atoms with Crippen molar-refractivity contribution in [3.05, 3.63) is 258 Å². The van der Waals surface area contributed by atoms with E-state index in [0.717, 1.165) is 26.3 Å². The number of benzene rings is 8. The molecular weight excluding hydrogens is 1260 g/mol. The topological polar surface area (TPSA) is 240 Å². The summed E-state index contributed by atoms with van der Waals surface area (Å²) in [6.07, 6.45) is 1.43. The average Bonchev–Trinajstić information content (AvgIpc) is 1.53. The summed E-state index contributed by atoms with van der Waals surface area (Å²) in [6.45, 7) is 3.21. The van der Waals surface area contributed by atoms with Gasteiger partial charge in [-0.05, 0) is 127 Å². The molecule has 458 valence electrons. The van der Waals surface area contributed by atoms with Crippen LogP contribution in [0, 0.1) is 29.6 Å². The monoisotopic (exact) mass is 1300 g/mol. The van der Waals surface area contributed by atoms with E-state index in [9.17, 15) is 39.6 Å². The molecule has 2 aliphatic heterocycles. The summed E-state index contributed by atoms with van der Waals surface area (Å²) >= 11 is 19.8. The third kappa shape index (κ3) is 10.6. The van der Waals surface area contributed by atoms with Crippen molar-refractivity contribution in [3.8, 4) is 46.2 Å². The number of carbonyl (C=O) groups is 5. The van der Waals surface area contributed by atoms with Crippen molar-refractivity contribution in [2.75, 3.05) is 14.1 Å². The summed E-state index contributed by atoms with van der Waals surface area (Å²) in [5, 5.41) is 38.4. The van der Waals surface area contributed by atoms with E-state index in [1.807, 2.05) is 83.4 Å². The molecular formula is C72H45B2Cl3N10O8. The summed E-state index contributed by atoms with van der Waals surface area (Å²) in [4.78, 5) is 87.5. The third-order valence-electron chi connectivity index (χ3n) is 17.1. The number of hydrogen-bond acceptors (Lipinski definition) is 14. The number of aliphatic hydroxyl groups excluding tert-OH is 1. The third-order valence-corrected chi connectivity index (χ3v) is 18.3. The lowest BCUT2D eigenvalue weighted by Crippen LogP contribution is -2.42. The summed E-state index contributed by atoms with van der Waals surface area (Å²) in [5.74, 6) is -2.46. The highest BCUT2D eigenvalue weighted by atomic mass is 35.5. The molecule has 0 spiro atoms. The van der Waals surface area contributed by atoms with Crippen LogP contribution in [0.2, 0.25) is 21.9 Å². The summed E-state index contributed by atoms with van der Waals surface area (Å²) < 4.78 is 16.2. The highest BCUT2D eigenvalue weighted by Crippen LogP contribution is 2.39. The number of aliphatic hydroxyl groups is 1. The first kappa shape index (κ1) is 61.0. The number of amides is 4. The van der Waals surface area contributed by atoms with Gasteiger partial charge >= 0.3 is 5.97 Å². The van der Waals surface area contributed by atoms with Crippen molar-refractivity contribution < 1.29 is 38.6 Å². The maximum atomic E-state index is 14.0. The molecule has 8 aromatic carbocycles. The van der Waals surface area contributed by atoms with Crippen LogP contribution in [-0.2, 0) is 0 Å². The minimum absolute atomic E-state index is 0.0363. The Labute approximate surface area is 556 Å². The molecule has 0 bridgehead atoms. The largest absolute Gasteiger partial charge is 0.461 e. The second-order valence-corrected chi connectivity index (χ2v) is 24.0. The maximum absolute atomic E-state index is 14.0. The van der Waals surface area contributed by atoms with Gasteiger partial charge in [0.05, 0.1) is 83.0 Å². The Hall–Kier alpha value is -11.5. The van der Waals surface area contributed by atoms with E-state index in [1.54, 1.807) is 72.8 Å². The Morgan fingerprint density at radius 3 is 1.69 bits per heavy atom. The molecule has 4 amide bonds. The zero-order chi connectivity index (χ0) is 66.2. The predicted molar refractivity (Wildman–Crippen MR) is 363 cm³/mol. The number of ether oxygens (including phenoxy) is 2. The molecule has 1 N–H and O–H groups in total. The van der Waals surface area contributed by atoms with Gasteiger partial charge in [0.25, 0.3) is 37.9 Å². The van der Waals surface area contributed by atoms with Crippen molar-refractivity contribution in [1.82, 2.24) is 38.7 Å². The molecule has 18 nitrogen and oxygen atoms in total. The van der Waals surface area contributed by atoms with Crippen molar-refractivity contribution in [3.63, 3.8) is 0 Å². The minimum Gasteiger partial charge on any atom is -0.461 e. The fourth-order valence-corrected chi connectivity index (χ4v) is 12.8. The molecule has 23 heteroatoms. The fraction of sp³-hybridized carbons (Fsp3) is 0.0694. The first-order chi connectivity index (χ1) is 45.9. The van der Waals surface area contributed by atoms with Crippen LogP contribution in [0.5, 0.6) is 11.5 Å². The van der Waals surface area contributed by atoms with Crippen LogP contribution in [0.15, 0.2) is 182 Å². The highest BCUT2D eigenvalue weighted by Gasteiger charge is 2.36. The maximum Gasteiger partial charge on any atom is 0.343 e. The molecule has 1 atom stereocenters. The van der Waals surface area contributed by atoms with Gasteiger partial charge in [-0.15, -0.1) is 0 Å². The van der Waals surface area contributed by atoms with Gasteiger partial charge in [0.2, 0.25) is 6.29 Å². The van der Waals surface area contributed by atoms with Gasteiger partial charge in [-0.25, -0.2) is 14.8 Å². The van der Waals surface area contributed by atoms with Gasteiger partial charge in [-0.2, -0.15) is 10.5 Å². The van der Waals surface area contributed by atoms with Crippen LogP contribution in [-0.4, -0.2) is 102 Å². The predicted octanol–water partition coefficient (Wildman–Crippen LogP) is 10.0. The molecule has 14 rings (SSSR count). The molecule has 0 aliphatic carbocycles. The van der Waals surface area contributed by atoms with Gasteiger partial charge in [0.15, 0.2) is 0 Å². The molecule has 95 heavy (non-hydrogen) atoms. The Morgan fingerprint density at radius 1 is 0.579 bits per heavy atom. The zero-order valence-corrected chi connectivity index (χ0v) is 52.9. The average molecular weight is 1310 g/mol. The fourth-order valence-electron chi connectivity index (χ4n) is 12.3. The van der Waals surface area contributed by atoms with E-state index in [-0.39, 0.29) is 84.9 Å². The molecule has 0 fully saturated rings. The Bertz CT molecular complexity index is 5560. The Kier molecular flexibility index (Phi) is 15.5. The van der Waals surface area contributed by atoms with Gasteiger partial charge < -0.3 is 23.5 Å². The van der Waals surface area contributed by atoms with Crippen molar-refractivity contribution in [2.24, 2.45) is 0 Å². The number of esters is 1. The number of aromatic nitrogens is 6. The van der Waals surface area contributed by atoms with Crippen molar-refractivity contribution in [1.29, 1.82) is 10.5 Å². The lowest BCUT2D eigenvalue weighted by Gasteiger charge is -2.20. The van der Waals surface area contributed by atoms with E-state index in [2.05, 4.69) is 12.1 Å². The smallest absolute Gasteiger partial charge is 0.343 e. The molecule has 6 heterocycles. The van der Waals surface area contributed by atoms with Crippen molar-refractivity contribution >= 4 is 134 Å².